The fourth-order valence-corrected chi connectivity index (χ4v) is 4.11. The van der Waals surface area contributed by atoms with Crippen molar-refractivity contribution < 1.29 is 4.79 Å². The van der Waals surface area contributed by atoms with Gasteiger partial charge in [-0.05, 0) is 62.2 Å². The Labute approximate surface area is 152 Å². The fraction of sp³-hybridized carbons (Fsp3) is 0.591. The lowest BCUT2D eigenvalue weighted by molar-refractivity contribution is -0.123. The molecule has 2 aliphatic rings. The van der Waals surface area contributed by atoms with Gasteiger partial charge in [0, 0.05) is 13.1 Å². The van der Waals surface area contributed by atoms with Gasteiger partial charge in [0.1, 0.15) is 0 Å². The van der Waals surface area contributed by atoms with Crippen LogP contribution in [0.1, 0.15) is 51.7 Å². The van der Waals surface area contributed by atoms with E-state index in [-0.39, 0.29) is 17.2 Å². The number of nitrogens with one attached hydrogen (secondary N) is 1. The number of hydrogen-bond donors (Lipinski definition) is 1. The molecule has 1 aliphatic carbocycles. The van der Waals surface area contributed by atoms with Crippen molar-refractivity contribution in [2.24, 2.45) is 17.3 Å². The van der Waals surface area contributed by atoms with Crippen LogP contribution in [0, 0.1) is 17.3 Å². The SMILES string of the molecule is CC(C)=C[C@H]1[C@@H](C(=O)NCc2ccc(CN3CCCC3)cc2)C1(C)C. The van der Waals surface area contributed by atoms with Crippen molar-refractivity contribution >= 4 is 5.91 Å². The first kappa shape index (κ1) is 18.2. The molecule has 3 rings (SSSR count). The molecule has 0 spiro atoms. The highest BCUT2D eigenvalue weighted by molar-refractivity contribution is 5.83. The molecule has 25 heavy (non-hydrogen) atoms. The zero-order valence-electron chi connectivity index (χ0n) is 16.1. The van der Waals surface area contributed by atoms with E-state index in [4.69, 9.17) is 0 Å². The van der Waals surface area contributed by atoms with Crippen LogP contribution in [0.5, 0.6) is 0 Å². The van der Waals surface area contributed by atoms with Gasteiger partial charge >= 0.3 is 0 Å². The van der Waals surface area contributed by atoms with Gasteiger partial charge in [-0.1, -0.05) is 49.8 Å². The van der Waals surface area contributed by atoms with E-state index in [9.17, 15) is 4.79 Å². The number of carbonyl (C=O) groups excluding carboxylic acids is 1. The Kier molecular flexibility index (Phi) is 5.33. The van der Waals surface area contributed by atoms with Crippen LogP contribution in [0.2, 0.25) is 0 Å². The minimum atomic E-state index is 0.0843. The molecule has 1 heterocycles. The van der Waals surface area contributed by atoms with Crippen molar-refractivity contribution in [2.45, 2.75) is 53.6 Å². The predicted molar refractivity (Wildman–Crippen MR) is 103 cm³/mol. The van der Waals surface area contributed by atoms with Crippen LogP contribution in [0.25, 0.3) is 0 Å². The normalized spacial score (nSPS) is 24.8. The fourth-order valence-electron chi connectivity index (χ4n) is 4.11. The maximum atomic E-state index is 12.5. The highest BCUT2D eigenvalue weighted by Crippen LogP contribution is 2.59. The Morgan fingerprint density at radius 1 is 1.16 bits per heavy atom. The topological polar surface area (TPSA) is 32.3 Å². The molecule has 2 atom stereocenters. The summed E-state index contributed by atoms with van der Waals surface area (Å²) in [7, 11) is 0. The van der Waals surface area contributed by atoms with Crippen LogP contribution >= 0.6 is 0 Å². The van der Waals surface area contributed by atoms with Gasteiger partial charge in [0.15, 0.2) is 0 Å². The zero-order valence-corrected chi connectivity index (χ0v) is 16.1. The second-order valence-corrected chi connectivity index (χ2v) is 8.59. The lowest BCUT2D eigenvalue weighted by atomic mass is 10.1. The van der Waals surface area contributed by atoms with Gasteiger partial charge < -0.3 is 5.32 Å². The maximum absolute atomic E-state index is 12.5. The molecule has 1 N–H and O–H groups in total. The van der Waals surface area contributed by atoms with E-state index < -0.39 is 0 Å². The molecule has 1 saturated heterocycles. The number of nitrogens with zero attached hydrogens (tertiary/aromatic N) is 1. The number of hydrogen-bond acceptors (Lipinski definition) is 2. The number of benzene rings is 1. The smallest absolute Gasteiger partial charge is 0.224 e. The number of amides is 1. The minimum absolute atomic E-state index is 0.0843. The van der Waals surface area contributed by atoms with Crippen LogP contribution < -0.4 is 5.32 Å². The summed E-state index contributed by atoms with van der Waals surface area (Å²) in [4.78, 5) is 15.0. The largest absolute Gasteiger partial charge is 0.352 e. The van der Waals surface area contributed by atoms with E-state index in [1.54, 1.807) is 0 Å². The van der Waals surface area contributed by atoms with Crippen LogP contribution in [0.4, 0.5) is 0 Å². The van der Waals surface area contributed by atoms with Gasteiger partial charge in [-0.25, -0.2) is 0 Å². The van der Waals surface area contributed by atoms with Crippen molar-refractivity contribution in [3.05, 3.63) is 47.0 Å². The molecular weight excluding hydrogens is 308 g/mol. The van der Waals surface area contributed by atoms with E-state index in [0.29, 0.717) is 12.5 Å². The van der Waals surface area contributed by atoms with E-state index in [0.717, 1.165) is 6.54 Å². The molecular formula is C22H32N2O. The third-order valence-electron chi connectivity index (χ3n) is 5.80. The summed E-state index contributed by atoms with van der Waals surface area (Å²) in [5.41, 5.74) is 3.92. The molecule has 1 amide bonds. The molecule has 1 saturated carbocycles. The van der Waals surface area contributed by atoms with Gasteiger partial charge in [-0.15, -0.1) is 0 Å². The Balaban J connectivity index is 1.50. The highest BCUT2D eigenvalue weighted by atomic mass is 16.2. The molecule has 0 bridgehead atoms. The Morgan fingerprint density at radius 3 is 2.36 bits per heavy atom. The first-order chi connectivity index (χ1) is 11.9. The van der Waals surface area contributed by atoms with Gasteiger partial charge in [0.2, 0.25) is 5.91 Å². The van der Waals surface area contributed by atoms with Crippen LogP contribution in [0.3, 0.4) is 0 Å². The Morgan fingerprint density at radius 2 is 1.76 bits per heavy atom. The van der Waals surface area contributed by atoms with E-state index in [1.807, 2.05) is 0 Å². The van der Waals surface area contributed by atoms with E-state index in [1.165, 1.54) is 42.6 Å². The van der Waals surface area contributed by atoms with Crippen molar-refractivity contribution in [1.29, 1.82) is 0 Å². The highest BCUT2D eigenvalue weighted by Gasteiger charge is 2.60. The lowest BCUT2D eigenvalue weighted by Crippen LogP contribution is -2.26. The third-order valence-corrected chi connectivity index (χ3v) is 5.80. The van der Waals surface area contributed by atoms with Gasteiger partial charge in [0.05, 0.1) is 5.92 Å². The summed E-state index contributed by atoms with van der Waals surface area (Å²) < 4.78 is 0. The first-order valence-corrected chi connectivity index (χ1v) is 9.61. The van der Waals surface area contributed by atoms with Crippen LogP contribution in [-0.4, -0.2) is 23.9 Å². The molecule has 0 unspecified atom stereocenters. The van der Waals surface area contributed by atoms with E-state index in [2.05, 4.69) is 68.3 Å². The summed E-state index contributed by atoms with van der Waals surface area (Å²) >= 11 is 0. The van der Waals surface area contributed by atoms with Gasteiger partial charge in [-0.3, -0.25) is 9.69 Å². The molecule has 3 heteroatoms. The average Bonchev–Trinajstić information content (AvgIpc) is 2.91. The minimum Gasteiger partial charge on any atom is -0.352 e. The van der Waals surface area contributed by atoms with Crippen molar-refractivity contribution in [3.8, 4) is 0 Å². The molecule has 1 aliphatic heterocycles. The second kappa shape index (κ2) is 7.33. The summed E-state index contributed by atoms with van der Waals surface area (Å²) in [6.45, 7) is 12.7. The monoisotopic (exact) mass is 340 g/mol. The Bertz CT molecular complexity index is 634. The summed E-state index contributed by atoms with van der Waals surface area (Å²) in [5, 5.41) is 3.13. The quantitative estimate of drug-likeness (QED) is 0.790. The van der Waals surface area contributed by atoms with E-state index >= 15 is 0 Å². The molecule has 2 fully saturated rings. The number of rotatable bonds is 6. The zero-order chi connectivity index (χ0) is 18.0. The standard InChI is InChI=1S/C22H32N2O/c1-16(2)13-19-20(22(19,3)4)21(25)23-14-17-7-9-18(10-8-17)15-24-11-5-6-12-24/h7-10,13,19-20H,5-6,11-12,14-15H2,1-4H3,(H,23,25)/t19-,20-/m0/s1. The molecule has 0 radical (unpaired) electrons. The maximum Gasteiger partial charge on any atom is 0.224 e. The molecule has 1 aromatic carbocycles. The Hall–Kier alpha value is -1.61. The molecule has 1 aromatic rings. The summed E-state index contributed by atoms with van der Waals surface area (Å²) in [5.74, 6) is 0.672. The van der Waals surface area contributed by atoms with Gasteiger partial charge in [-0.2, -0.15) is 0 Å². The van der Waals surface area contributed by atoms with Crippen molar-refractivity contribution in [2.75, 3.05) is 13.1 Å². The first-order valence-electron chi connectivity index (χ1n) is 9.61. The second-order valence-electron chi connectivity index (χ2n) is 8.59. The predicted octanol–water partition coefficient (Wildman–Crippen LogP) is 4.14. The molecule has 0 aromatic heterocycles. The van der Waals surface area contributed by atoms with Gasteiger partial charge in [0.25, 0.3) is 0 Å². The van der Waals surface area contributed by atoms with Crippen LogP contribution in [0.15, 0.2) is 35.9 Å². The van der Waals surface area contributed by atoms with Crippen molar-refractivity contribution in [1.82, 2.24) is 10.2 Å². The summed E-state index contributed by atoms with van der Waals surface area (Å²) in [6, 6.07) is 8.70. The third kappa shape index (κ3) is 4.33. The average molecular weight is 341 g/mol. The van der Waals surface area contributed by atoms with Crippen LogP contribution in [-0.2, 0) is 17.9 Å². The number of carbonyl (C=O) groups is 1. The lowest BCUT2D eigenvalue weighted by Gasteiger charge is -2.14. The van der Waals surface area contributed by atoms with Crippen molar-refractivity contribution in [3.63, 3.8) is 0 Å². The number of likely N-dealkylation sites (tertiary alicyclic amines) is 1. The molecule has 136 valence electrons. The summed E-state index contributed by atoms with van der Waals surface area (Å²) in [6.07, 6.45) is 4.90. The molecule has 3 nitrogen and oxygen atoms in total. The number of allylic oxidation sites excluding steroid dienone is 2.